The highest BCUT2D eigenvalue weighted by Gasteiger charge is 2.19. The van der Waals surface area contributed by atoms with Crippen LogP contribution in [0.2, 0.25) is 0 Å². The van der Waals surface area contributed by atoms with E-state index in [-0.39, 0.29) is 28.8 Å². The second-order valence-electron chi connectivity index (χ2n) is 15.3. The van der Waals surface area contributed by atoms with E-state index in [1.54, 1.807) is 42.5 Å². The molecule has 4 amide bonds. The van der Waals surface area contributed by atoms with Gasteiger partial charge in [0.15, 0.2) is 0 Å². The molecular formula is C48H58N10O4. The summed E-state index contributed by atoms with van der Waals surface area (Å²) in [7, 11) is 0. The molecule has 14 nitrogen and oxygen atoms in total. The fourth-order valence-corrected chi connectivity index (χ4v) is 7.33. The molecule has 1 aliphatic heterocycles. The molecule has 0 spiro atoms. The van der Waals surface area contributed by atoms with Gasteiger partial charge in [0.05, 0.1) is 6.42 Å². The molecule has 2 heterocycles. The Labute approximate surface area is 364 Å². The minimum atomic E-state index is -0.405. The lowest BCUT2D eigenvalue weighted by Crippen LogP contribution is -2.31. The molecule has 5 aromatic rings. The number of anilines is 4. The molecule has 62 heavy (non-hydrogen) atoms. The maximum absolute atomic E-state index is 13.6. The Kier molecular flexibility index (Phi) is 16.2. The van der Waals surface area contributed by atoms with Crippen LogP contribution < -0.4 is 26.6 Å². The Morgan fingerprint density at radius 1 is 0.613 bits per heavy atom. The number of carbonyl (C=O) groups excluding carboxylic acids is 4. The third-order valence-corrected chi connectivity index (χ3v) is 10.9. The summed E-state index contributed by atoms with van der Waals surface area (Å²) < 4.78 is 0. The molecule has 0 atom stereocenters. The summed E-state index contributed by atoms with van der Waals surface area (Å²) >= 11 is 0. The van der Waals surface area contributed by atoms with Crippen molar-refractivity contribution in [1.29, 1.82) is 0 Å². The Balaban J connectivity index is 1.15. The van der Waals surface area contributed by atoms with Crippen LogP contribution in [0, 0.1) is 0 Å². The average Bonchev–Trinajstić information content (AvgIpc) is 3.66. The lowest BCUT2D eigenvalue weighted by atomic mass is 10.1. The van der Waals surface area contributed by atoms with Crippen molar-refractivity contribution in [1.82, 2.24) is 35.4 Å². The minimum absolute atomic E-state index is 0.0192. The Morgan fingerprint density at radius 2 is 1.19 bits per heavy atom. The number of nitrogens with zero attached hydrogens (tertiary/aromatic N) is 5. The summed E-state index contributed by atoms with van der Waals surface area (Å²) in [6.45, 7) is 14.9. The SMILES string of the molecule is CCN(CC)CCCNC(=O)c1cc(NC(=O)c2ccc(Nc3nc(Cc4ccccc4)nc(Cc4ccc5c(c4)CC(=O)N5)n3)cc2)cc(C(=O)NCCCN(CC)CC)c1. The molecule has 1 aromatic heterocycles. The highest BCUT2D eigenvalue weighted by Crippen LogP contribution is 2.25. The van der Waals surface area contributed by atoms with Gasteiger partial charge in [0, 0.05) is 59.7 Å². The van der Waals surface area contributed by atoms with Crippen molar-refractivity contribution in [3.8, 4) is 0 Å². The second-order valence-corrected chi connectivity index (χ2v) is 15.3. The maximum Gasteiger partial charge on any atom is 0.255 e. The average molecular weight is 839 g/mol. The Bertz CT molecular complexity index is 2260. The first-order valence-corrected chi connectivity index (χ1v) is 21.7. The van der Waals surface area contributed by atoms with Gasteiger partial charge in [0.2, 0.25) is 11.9 Å². The fourth-order valence-electron chi connectivity index (χ4n) is 7.33. The topological polar surface area (TPSA) is 174 Å². The van der Waals surface area contributed by atoms with Crippen LogP contribution in [0.5, 0.6) is 0 Å². The number of benzene rings is 4. The molecule has 0 unspecified atom stereocenters. The maximum atomic E-state index is 13.6. The molecule has 0 fully saturated rings. The summed E-state index contributed by atoms with van der Waals surface area (Å²) in [5.74, 6) is 0.471. The van der Waals surface area contributed by atoms with E-state index >= 15 is 0 Å². The van der Waals surface area contributed by atoms with E-state index in [4.69, 9.17) is 15.0 Å². The van der Waals surface area contributed by atoms with E-state index in [1.807, 2.05) is 48.5 Å². The number of hydrogen-bond donors (Lipinski definition) is 5. The summed E-state index contributed by atoms with van der Waals surface area (Å²) in [5, 5.41) is 15.0. The molecular weight excluding hydrogens is 781 g/mol. The van der Waals surface area contributed by atoms with Crippen LogP contribution in [-0.2, 0) is 24.1 Å². The van der Waals surface area contributed by atoms with E-state index in [1.165, 1.54) is 0 Å². The van der Waals surface area contributed by atoms with Gasteiger partial charge in [0.1, 0.15) is 11.6 Å². The van der Waals surface area contributed by atoms with Crippen LogP contribution >= 0.6 is 0 Å². The number of amides is 4. The van der Waals surface area contributed by atoms with Gasteiger partial charge in [-0.25, -0.2) is 4.98 Å². The van der Waals surface area contributed by atoms with Gasteiger partial charge in [-0.3, -0.25) is 19.2 Å². The van der Waals surface area contributed by atoms with Crippen LogP contribution in [0.25, 0.3) is 0 Å². The molecule has 6 rings (SSSR count). The van der Waals surface area contributed by atoms with Crippen molar-refractivity contribution >= 4 is 46.6 Å². The van der Waals surface area contributed by atoms with Crippen molar-refractivity contribution in [2.75, 3.05) is 68.3 Å². The molecule has 0 saturated carbocycles. The fraction of sp³-hybridized carbons (Fsp3) is 0.354. The molecule has 0 saturated heterocycles. The highest BCUT2D eigenvalue weighted by atomic mass is 16.2. The van der Waals surface area contributed by atoms with E-state index < -0.39 is 5.91 Å². The quantitative estimate of drug-likeness (QED) is 0.0487. The molecule has 0 radical (unpaired) electrons. The molecule has 324 valence electrons. The molecule has 14 heteroatoms. The van der Waals surface area contributed by atoms with Gasteiger partial charge in [-0.15, -0.1) is 0 Å². The van der Waals surface area contributed by atoms with E-state index in [0.29, 0.717) is 66.9 Å². The second kappa shape index (κ2) is 22.4. The van der Waals surface area contributed by atoms with Crippen molar-refractivity contribution in [3.05, 3.63) is 136 Å². The van der Waals surface area contributed by atoms with E-state index in [9.17, 15) is 19.2 Å². The van der Waals surface area contributed by atoms with Gasteiger partial charge in [-0.1, -0.05) is 70.2 Å². The standard InChI is InChI=1S/C48H58N10O4/c1-5-57(6-2)24-12-22-49-45(60)37-29-38(46(61)50-23-13-25-58(7-3)8-4)31-40(30-37)51-47(62)35-17-19-39(20-18-35)52-48-55-42(27-33-14-10-9-11-15-33)54-43(56-48)28-34-16-21-41-36(26-34)32-44(59)53-41/h9-11,14-21,26,29-31H,5-8,12-13,22-25,27-28,32H2,1-4H3,(H,49,60)(H,50,61)(H,51,62)(H,53,59)(H,52,54,55,56). The van der Waals surface area contributed by atoms with Crippen molar-refractivity contribution in [2.45, 2.75) is 59.8 Å². The van der Waals surface area contributed by atoms with Gasteiger partial charge < -0.3 is 36.4 Å². The molecule has 5 N–H and O–H groups in total. The monoisotopic (exact) mass is 838 g/mol. The number of hydrogen-bond acceptors (Lipinski definition) is 10. The van der Waals surface area contributed by atoms with Gasteiger partial charge in [-0.05, 0) is 117 Å². The third-order valence-electron chi connectivity index (χ3n) is 10.9. The number of rotatable bonds is 22. The zero-order valence-corrected chi connectivity index (χ0v) is 36.2. The first kappa shape index (κ1) is 45.0. The summed E-state index contributed by atoms with van der Waals surface area (Å²) in [6.07, 6.45) is 2.87. The van der Waals surface area contributed by atoms with Crippen molar-refractivity contribution < 1.29 is 19.2 Å². The first-order valence-electron chi connectivity index (χ1n) is 21.7. The molecule has 4 aromatic carbocycles. The zero-order chi connectivity index (χ0) is 43.8. The number of carbonyl (C=O) groups is 4. The number of aromatic nitrogens is 3. The van der Waals surface area contributed by atoms with Crippen molar-refractivity contribution in [2.24, 2.45) is 0 Å². The summed E-state index contributed by atoms with van der Waals surface area (Å²) in [5.41, 5.74) is 5.74. The smallest absolute Gasteiger partial charge is 0.255 e. The van der Waals surface area contributed by atoms with Gasteiger partial charge in [-0.2, -0.15) is 9.97 Å². The summed E-state index contributed by atoms with van der Waals surface area (Å²) in [6, 6.07) is 27.5. The minimum Gasteiger partial charge on any atom is -0.352 e. The Morgan fingerprint density at radius 3 is 1.77 bits per heavy atom. The van der Waals surface area contributed by atoms with Crippen molar-refractivity contribution in [3.63, 3.8) is 0 Å². The summed E-state index contributed by atoms with van der Waals surface area (Å²) in [4.78, 5) is 71.2. The molecule has 0 bridgehead atoms. The van der Waals surface area contributed by atoms with Gasteiger partial charge >= 0.3 is 0 Å². The van der Waals surface area contributed by atoms with Crippen LogP contribution in [-0.4, -0.2) is 101 Å². The Hall–Kier alpha value is -6.51. The van der Waals surface area contributed by atoms with Gasteiger partial charge in [0.25, 0.3) is 17.7 Å². The van der Waals surface area contributed by atoms with Crippen LogP contribution in [0.15, 0.2) is 91.0 Å². The lowest BCUT2D eigenvalue weighted by Gasteiger charge is -2.18. The number of fused-ring (bicyclic) bond motifs is 1. The molecule has 1 aliphatic rings. The third kappa shape index (κ3) is 13.0. The lowest BCUT2D eigenvalue weighted by molar-refractivity contribution is -0.115. The normalized spacial score (nSPS) is 11.9. The largest absolute Gasteiger partial charge is 0.352 e. The van der Waals surface area contributed by atoms with Crippen LogP contribution in [0.4, 0.5) is 23.0 Å². The molecule has 0 aliphatic carbocycles. The first-order chi connectivity index (χ1) is 30.1. The number of nitrogens with one attached hydrogen (secondary N) is 5. The highest BCUT2D eigenvalue weighted by molar-refractivity contribution is 6.07. The predicted molar refractivity (Wildman–Crippen MR) is 244 cm³/mol. The van der Waals surface area contributed by atoms with Crippen LogP contribution in [0.3, 0.4) is 0 Å². The van der Waals surface area contributed by atoms with Crippen LogP contribution in [0.1, 0.15) is 99.9 Å². The predicted octanol–water partition coefficient (Wildman–Crippen LogP) is 6.47. The van der Waals surface area contributed by atoms with E-state index in [0.717, 1.165) is 74.5 Å². The zero-order valence-electron chi connectivity index (χ0n) is 36.2. The van der Waals surface area contributed by atoms with E-state index in [2.05, 4.69) is 64.1 Å².